The van der Waals surface area contributed by atoms with Gasteiger partial charge < -0.3 is 19.8 Å². The summed E-state index contributed by atoms with van der Waals surface area (Å²) in [6.07, 6.45) is 1.46. The van der Waals surface area contributed by atoms with Crippen molar-refractivity contribution in [1.82, 2.24) is 14.7 Å². The van der Waals surface area contributed by atoms with Crippen LogP contribution in [-0.4, -0.2) is 78.1 Å². The van der Waals surface area contributed by atoms with Gasteiger partial charge in [0.1, 0.15) is 0 Å². The van der Waals surface area contributed by atoms with Gasteiger partial charge in [-0.05, 0) is 32.9 Å². The largest absolute Gasteiger partial charge is 0.481 e. The van der Waals surface area contributed by atoms with Gasteiger partial charge in [-0.3, -0.25) is 4.79 Å². The van der Waals surface area contributed by atoms with E-state index in [-0.39, 0.29) is 6.03 Å². The molecule has 2 saturated heterocycles. The number of amides is 2. The summed E-state index contributed by atoms with van der Waals surface area (Å²) in [7, 11) is 4.08. The lowest BCUT2D eigenvalue weighted by Gasteiger charge is -2.34. The number of hydrogen-bond donors (Lipinski definition) is 1. The zero-order valence-corrected chi connectivity index (χ0v) is 12.6. The van der Waals surface area contributed by atoms with Crippen LogP contribution in [0.3, 0.4) is 0 Å². The SMILES string of the molecule is CC1CN(C(=O)N2CCCC(C(=O)O)C2)CC1N(C)C. The molecule has 0 aromatic carbocycles. The van der Waals surface area contributed by atoms with Gasteiger partial charge in [-0.25, -0.2) is 4.79 Å². The van der Waals surface area contributed by atoms with E-state index in [1.807, 2.05) is 19.0 Å². The molecule has 2 amide bonds. The molecule has 2 fully saturated rings. The highest BCUT2D eigenvalue weighted by atomic mass is 16.4. The summed E-state index contributed by atoms with van der Waals surface area (Å²) in [6, 6.07) is 0.395. The number of carbonyl (C=O) groups is 2. The minimum atomic E-state index is -0.788. The summed E-state index contributed by atoms with van der Waals surface area (Å²) in [5.74, 6) is -0.741. The Morgan fingerprint density at radius 2 is 1.85 bits per heavy atom. The number of likely N-dealkylation sites (tertiary alicyclic amines) is 2. The lowest BCUT2D eigenvalue weighted by molar-refractivity contribution is -0.143. The highest BCUT2D eigenvalue weighted by Crippen LogP contribution is 2.23. The normalized spacial score (nSPS) is 30.9. The maximum Gasteiger partial charge on any atom is 0.320 e. The van der Waals surface area contributed by atoms with Crippen molar-refractivity contribution in [2.24, 2.45) is 11.8 Å². The maximum absolute atomic E-state index is 12.5. The second kappa shape index (κ2) is 5.99. The van der Waals surface area contributed by atoms with Gasteiger partial charge in [0.25, 0.3) is 0 Å². The van der Waals surface area contributed by atoms with Crippen LogP contribution < -0.4 is 0 Å². The molecular weight excluding hydrogens is 258 g/mol. The van der Waals surface area contributed by atoms with E-state index < -0.39 is 11.9 Å². The van der Waals surface area contributed by atoms with E-state index in [0.717, 1.165) is 19.5 Å². The molecule has 2 heterocycles. The van der Waals surface area contributed by atoms with Crippen molar-refractivity contribution >= 4 is 12.0 Å². The van der Waals surface area contributed by atoms with Gasteiger partial charge in [0, 0.05) is 32.2 Å². The molecule has 0 aliphatic carbocycles. The van der Waals surface area contributed by atoms with E-state index in [2.05, 4.69) is 11.8 Å². The fourth-order valence-corrected chi connectivity index (χ4v) is 3.33. The van der Waals surface area contributed by atoms with Crippen molar-refractivity contribution in [1.29, 1.82) is 0 Å². The lowest BCUT2D eigenvalue weighted by Crippen LogP contribution is -2.48. The Morgan fingerprint density at radius 3 is 2.40 bits per heavy atom. The molecule has 2 aliphatic rings. The Labute approximate surface area is 120 Å². The fraction of sp³-hybridized carbons (Fsp3) is 0.857. The smallest absolute Gasteiger partial charge is 0.320 e. The number of urea groups is 1. The second-order valence-electron chi connectivity index (χ2n) is 6.32. The van der Waals surface area contributed by atoms with Crippen LogP contribution in [0.4, 0.5) is 4.79 Å². The Balaban J connectivity index is 1.96. The zero-order chi connectivity index (χ0) is 14.9. The van der Waals surface area contributed by atoms with Gasteiger partial charge in [0.2, 0.25) is 0 Å². The van der Waals surface area contributed by atoms with E-state index in [9.17, 15) is 9.59 Å². The molecule has 3 unspecified atom stereocenters. The van der Waals surface area contributed by atoms with Gasteiger partial charge in [0.05, 0.1) is 5.92 Å². The second-order valence-corrected chi connectivity index (χ2v) is 6.32. The quantitative estimate of drug-likeness (QED) is 0.813. The summed E-state index contributed by atoms with van der Waals surface area (Å²) < 4.78 is 0. The van der Waals surface area contributed by atoms with Gasteiger partial charge in [0.15, 0.2) is 0 Å². The molecule has 2 rings (SSSR count). The van der Waals surface area contributed by atoms with Gasteiger partial charge >= 0.3 is 12.0 Å². The highest BCUT2D eigenvalue weighted by molar-refractivity contribution is 5.77. The predicted molar refractivity (Wildman–Crippen MR) is 75.5 cm³/mol. The van der Waals surface area contributed by atoms with Crippen molar-refractivity contribution < 1.29 is 14.7 Å². The van der Waals surface area contributed by atoms with E-state index in [4.69, 9.17) is 5.11 Å². The average Bonchev–Trinajstić information content (AvgIpc) is 2.80. The summed E-state index contributed by atoms with van der Waals surface area (Å²) in [5.41, 5.74) is 0. The van der Waals surface area contributed by atoms with Crippen molar-refractivity contribution in [2.75, 3.05) is 40.3 Å². The van der Waals surface area contributed by atoms with Crippen molar-refractivity contribution in [3.05, 3.63) is 0 Å². The predicted octanol–water partition coefficient (Wildman–Crippen LogP) is 0.785. The number of carbonyl (C=O) groups excluding carboxylic acids is 1. The van der Waals surface area contributed by atoms with Crippen molar-refractivity contribution in [3.63, 3.8) is 0 Å². The van der Waals surface area contributed by atoms with Gasteiger partial charge in [-0.2, -0.15) is 0 Å². The third kappa shape index (κ3) is 3.06. The number of carboxylic acid groups (broad SMARTS) is 1. The molecule has 6 heteroatoms. The third-order valence-corrected chi connectivity index (χ3v) is 4.55. The first kappa shape index (κ1) is 15.1. The molecule has 114 valence electrons. The van der Waals surface area contributed by atoms with Crippen molar-refractivity contribution in [3.8, 4) is 0 Å². The molecule has 0 radical (unpaired) electrons. The molecule has 1 N–H and O–H groups in total. The lowest BCUT2D eigenvalue weighted by atomic mass is 9.99. The molecule has 0 spiro atoms. The van der Waals surface area contributed by atoms with Crippen LogP contribution in [-0.2, 0) is 4.79 Å². The summed E-state index contributed by atoms with van der Waals surface area (Å²) >= 11 is 0. The van der Waals surface area contributed by atoms with E-state index >= 15 is 0 Å². The molecule has 0 aromatic heterocycles. The number of aliphatic carboxylic acids is 1. The number of carboxylic acids is 1. The Morgan fingerprint density at radius 1 is 1.15 bits per heavy atom. The Hall–Kier alpha value is -1.30. The number of likely N-dealkylation sites (N-methyl/N-ethyl adjacent to an activating group) is 1. The first-order valence-electron chi connectivity index (χ1n) is 7.33. The van der Waals surface area contributed by atoms with Gasteiger partial charge in [-0.15, -0.1) is 0 Å². The maximum atomic E-state index is 12.5. The van der Waals surface area contributed by atoms with Crippen molar-refractivity contribution in [2.45, 2.75) is 25.8 Å². The summed E-state index contributed by atoms with van der Waals surface area (Å²) in [4.78, 5) is 29.4. The van der Waals surface area contributed by atoms with Crippen LogP contribution >= 0.6 is 0 Å². The van der Waals surface area contributed by atoms with Crippen LogP contribution in [0, 0.1) is 11.8 Å². The molecular formula is C14H25N3O3. The summed E-state index contributed by atoms with van der Waals surface area (Å²) in [5, 5.41) is 9.10. The minimum absolute atomic E-state index is 0.00662. The van der Waals surface area contributed by atoms with Crippen LogP contribution in [0.1, 0.15) is 19.8 Å². The molecule has 0 saturated carbocycles. The fourth-order valence-electron chi connectivity index (χ4n) is 3.33. The average molecular weight is 283 g/mol. The third-order valence-electron chi connectivity index (χ3n) is 4.55. The standard InChI is InChI=1S/C14H25N3O3/c1-10-7-17(9-12(10)15(2)3)14(20)16-6-4-5-11(8-16)13(18)19/h10-12H,4-9H2,1-3H3,(H,18,19). The minimum Gasteiger partial charge on any atom is -0.481 e. The van der Waals surface area contributed by atoms with E-state index in [1.165, 1.54) is 0 Å². The molecule has 0 bridgehead atoms. The van der Waals surface area contributed by atoms with Crippen LogP contribution in [0.5, 0.6) is 0 Å². The molecule has 3 atom stereocenters. The van der Waals surface area contributed by atoms with E-state index in [0.29, 0.717) is 31.5 Å². The highest BCUT2D eigenvalue weighted by Gasteiger charge is 2.37. The first-order valence-corrected chi connectivity index (χ1v) is 7.33. The molecule has 0 aromatic rings. The molecule has 20 heavy (non-hydrogen) atoms. The monoisotopic (exact) mass is 283 g/mol. The first-order chi connectivity index (χ1) is 9.40. The topological polar surface area (TPSA) is 64.1 Å². The van der Waals surface area contributed by atoms with Crippen LogP contribution in [0.2, 0.25) is 0 Å². The van der Waals surface area contributed by atoms with E-state index in [1.54, 1.807) is 4.90 Å². The summed E-state index contributed by atoms with van der Waals surface area (Å²) in [6.45, 7) is 4.69. The number of piperidine rings is 1. The molecule has 2 aliphatic heterocycles. The zero-order valence-electron chi connectivity index (χ0n) is 12.6. The molecule has 6 nitrogen and oxygen atoms in total. The number of rotatable bonds is 2. The van der Waals surface area contributed by atoms with Gasteiger partial charge in [-0.1, -0.05) is 6.92 Å². The number of hydrogen-bond acceptors (Lipinski definition) is 3. The Kier molecular flexibility index (Phi) is 4.52. The number of nitrogens with zero attached hydrogens (tertiary/aromatic N) is 3. The van der Waals surface area contributed by atoms with Crippen LogP contribution in [0.15, 0.2) is 0 Å². The Bertz CT molecular complexity index is 386. The van der Waals surface area contributed by atoms with Crippen LogP contribution in [0.25, 0.3) is 0 Å².